The number of rotatable bonds is 8. The van der Waals surface area contributed by atoms with E-state index >= 15 is 0 Å². The SMILES string of the molecule is COCCNCc1ccnn1CCc1ccsc1. The highest BCUT2D eigenvalue weighted by Crippen LogP contribution is 2.08. The van der Waals surface area contributed by atoms with Crippen LogP contribution in [-0.2, 0) is 24.2 Å². The molecule has 0 saturated carbocycles. The Balaban J connectivity index is 1.79. The smallest absolute Gasteiger partial charge is 0.0587 e. The lowest BCUT2D eigenvalue weighted by molar-refractivity contribution is 0.199. The number of aryl methyl sites for hydroxylation is 2. The molecule has 0 aliphatic carbocycles. The lowest BCUT2D eigenvalue weighted by atomic mass is 10.2. The Kier molecular flexibility index (Phi) is 5.38. The second kappa shape index (κ2) is 7.31. The van der Waals surface area contributed by atoms with Gasteiger partial charge >= 0.3 is 0 Å². The molecule has 2 aromatic heterocycles. The molecule has 0 unspecified atom stereocenters. The molecule has 0 atom stereocenters. The van der Waals surface area contributed by atoms with Gasteiger partial charge in [-0.15, -0.1) is 0 Å². The highest BCUT2D eigenvalue weighted by Gasteiger charge is 2.02. The zero-order valence-electron chi connectivity index (χ0n) is 10.6. The number of methoxy groups -OCH3 is 1. The molecule has 2 heterocycles. The standard InChI is InChI=1S/C13H19N3OS/c1-17-8-6-14-10-13-2-5-15-16(13)7-3-12-4-9-18-11-12/h2,4-5,9,11,14H,3,6-8,10H2,1H3. The first-order valence-corrected chi connectivity index (χ1v) is 7.06. The molecule has 5 heteroatoms. The van der Waals surface area contributed by atoms with Crippen LogP contribution in [0.3, 0.4) is 0 Å². The molecule has 0 spiro atoms. The minimum Gasteiger partial charge on any atom is -0.383 e. The summed E-state index contributed by atoms with van der Waals surface area (Å²) in [6, 6.07) is 4.23. The predicted octanol–water partition coefficient (Wildman–Crippen LogP) is 1.92. The van der Waals surface area contributed by atoms with E-state index in [1.807, 2.05) is 6.20 Å². The van der Waals surface area contributed by atoms with Gasteiger partial charge in [0.15, 0.2) is 0 Å². The van der Waals surface area contributed by atoms with Gasteiger partial charge in [0.05, 0.1) is 12.3 Å². The minimum atomic E-state index is 0.739. The molecule has 0 aliphatic heterocycles. The van der Waals surface area contributed by atoms with Gasteiger partial charge in [-0.1, -0.05) is 0 Å². The maximum Gasteiger partial charge on any atom is 0.0587 e. The molecule has 1 N–H and O–H groups in total. The molecule has 0 aliphatic rings. The van der Waals surface area contributed by atoms with Crippen LogP contribution < -0.4 is 5.32 Å². The number of ether oxygens (including phenoxy) is 1. The lowest BCUT2D eigenvalue weighted by Crippen LogP contribution is -2.21. The van der Waals surface area contributed by atoms with Gasteiger partial charge in [-0.05, 0) is 34.9 Å². The second-order valence-corrected chi connectivity index (χ2v) is 4.88. The highest BCUT2D eigenvalue weighted by molar-refractivity contribution is 7.07. The molecular weight excluding hydrogens is 246 g/mol. The molecule has 2 rings (SSSR count). The Labute approximate surface area is 112 Å². The Morgan fingerprint density at radius 1 is 1.44 bits per heavy atom. The zero-order valence-corrected chi connectivity index (χ0v) is 11.4. The fraction of sp³-hybridized carbons (Fsp3) is 0.462. The maximum atomic E-state index is 5.00. The molecule has 0 bridgehead atoms. The van der Waals surface area contributed by atoms with E-state index in [-0.39, 0.29) is 0 Å². The van der Waals surface area contributed by atoms with Crippen molar-refractivity contribution in [2.75, 3.05) is 20.3 Å². The summed E-state index contributed by atoms with van der Waals surface area (Å²) in [5, 5.41) is 12.0. The number of aromatic nitrogens is 2. The average Bonchev–Trinajstić information content (AvgIpc) is 3.03. The van der Waals surface area contributed by atoms with Crippen molar-refractivity contribution in [1.29, 1.82) is 0 Å². The normalized spacial score (nSPS) is 10.9. The van der Waals surface area contributed by atoms with E-state index in [1.54, 1.807) is 18.4 Å². The fourth-order valence-electron chi connectivity index (χ4n) is 1.77. The van der Waals surface area contributed by atoms with E-state index in [9.17, 15) is 0 Å². The largest absolute Gasteiger partial charge is 0.383 e. The third kappa shape index (κ3) is 3.94. The van der Waals surface area contributed by atoms with Crippen molar-refractivity contribution in [1.82, 2.24) is 15.1 Å². The third-order valence-corrected chi connectivity index (χ3v) is 3.52. The van der Waals surface area contributed by atoms with E-state index in [1.165, 1.54) is 11.3 Å². The van der Waals surface area contributed by atoms with Gasteiger partial charge in [-0.2, -0.15) is 16.4 Å². The third-order valence-electron chi connectivity index (χ3n) is 2.79. The van der Waals surface area contributed by atoms with Crippen LogP contribution in [-0.4, -0.2) is 30.0 Å². The maximum absolute atomic E-state index is 5.00. The topological polar surface area (TPSA) is 39.1 Å². The predicted molar refractivity (Wildman–Crippen MR) is 73.8 cm³/mol. The van der Waals surface area contributed by atoms with Crippen molar-refractivity contribution in [2.45, 2.75) is 19.5 Å². The second-order valence-electron chi connectivity index (χ2n) is 4.10. The molecule has 0 aromatic carbocycles. The number of thiophene rings is 1. The summed E-state index contributed by atoms with van der Waals surface area (Å²) in [6.07, 6.45) is 2.90. The van der Waals surface area contributed by atoms with Crippen LogP contribution >= 0.6 is 11.3 Å². The van der Waals surface area contributed by atoms with Crippen molar-refractivity contribution in [3.63, 3.8) is 0 Å². The summed E-state index contributed by atoms with van der Waals surface area (Å²) in [4.78, 5) is 0. The summed E-state index contributed by atoms with van der Waals surface area (Å²) in [5.74, 6) is 0. The Bertz CT molecular complexity index is 439. The number of nitrogens with one attached hydrogen (secondary N) is 1. The molecule has 0 fully saturated rings. The van der Waals surface area contributed by atoms with Gasteiger partial charge in [0.25, 0.3) is 0 Å². The molecule has 98 valence electrons. The summed E-state index contributed by atoms with van der Waals surface area (Å²) < 4.78 is 7.07. The van der Waals surface area contributed by atoms with E-state index in [2.05, 4.69) is 38.0 Å². The first kappa shape index (κ1) is 13.3. The number of hydrogen-bond donors (Lipinski definition) is 1. The van der Waals surface area contributed by atoms with Gasteiger partial charge in [0.1, 0.15) is 0 Å². The summed E-state index contributed by atoms with van der Waals surface area (Å²) in [5.41, 5.74) is 2.61. The highest BCUT2D eigenvalue weighted by atomic mass is 32.1. The molecule has 0 radical (unpaired) electrons. The van der Waals surface area contributed by atoms with Gasteiger partial charge in [0, 0.05) is 32.9 Å². The summed E-state index contributed by atoms with van der Waals surface area (Å²) >= 11 is 1.74. The molecule has 18 heavy (non-hydrogen) atoms. The van der Waals surface area contributed by atoms with Gasteiger partial charge in [-0.25, -0.2) is 0 Å². The molecule has 2 aromatic rings. The molecule has 0 saturated heterocycles. The van der Waals surface area contributed by atoms with Crippen molar-refractivity contribution in [3.8, 4) is 0 Å². The minimum absolute atomic E-state index is 0.739. The number of nitrogens with zero attached hydrogens (tertiary/aromatic N) is 2. The van der Waals surface area contributed by atoms with Crippen LogP contribution in [0, 0.1) is 0 Å². The fourth-order valence-corrected chi connectivity index (χ4v) is 2.48. The van der Waals surface area contributed by atoms with Crippen molar-refractivity contribution >= 4 is 11.3 Å². The van der Waals surface area contributed by atoms with Crippen LogP contribution in [0.25, 0.3) is 0 Å². The number of hydrogen-bond acceptors (Lipinski definition) is 4. The van der Waals surface area contributed by atoms with E-state index in [4.69, 9.17) is 4.74 Å². The van der Waals surface area contributed by atoms with Crippen LogP contribution in [0.2, 0.25) is 0 Å². The molecular formula is C13H19N3OS. The monoisotopic (exact) mass is 265 g/mol. The van der Waals surface area contributed by atoms with Gasteiger partial charge < -0.3 is 10.1 Å². The molecule has 0 amide bonds. The van der Waals surface area contributed by atoms with Crippen LogP contribution in [0.4, 0.5) is 0 Å². The van der Waals surface area contributed by atoms with Gasteiger partial charge in [0.2, 0.25) is 0 Å². The summed E-state index contributed by atoms with van der Waals surface area (Å²) in [7, 11) is 1.72. The van der Waals surface area contributed by atoms with Crippen LogP contribution in [0.1, 0.15) is 11.3 Å². The zero-order chi connectivity index (χ0) is 12.6. The van der Waals surface area contributed by atoms with Crippen LogP contribution in [0.5, 0.6) is 0 Å². The Morgan fingerprint density at radius 3 is 3.17 bits per heavy atom. The quantitative estimate of drug-likeness (QED) is 0.741. The van der Waals surface area contributed by atoms with Crippen molar-refractivity contribution in [2.24, 2.45) is 0 Å². The van der Waals surface area contributed by atoms with E-state index in [0.29, 0.717) is 0 Å². The first-order valence-electron chi connectivity index (χ1n) is 6.11. The Hall–Kier alpha value is -1.17. The van der Waals surface area contributed by atoms with Gasteiger partial charge in [-0.3, -0.25) is 4.68 Å². The first-order chi connectivity index (χ1) is 8.90. The molecule has 4 nitrogen and oxygen atoms in total. The van der Waals surface area contributed by atoms with Crippen molar-refractivity contribution in [3.05, 3.63) is 40.3 Å². The van der Waals surface area contributed by atoms with E-state index in [0.717, 1.165) is 32.7 Å². The van der Waals surface area contributed by atoms with E-state index < -0.39 is 0 Å². The Morgan fingerprint density at radius 2 is 2.39 bits per heavy atom. The van der Waals surface area contributed by atoms with Crippen molar-refractivity contribution < 1.29 is 4.74 Å². The van der Waals surface area contributed by atoms with Crippen LogP contribution in [0.15, 0.2) is 29.1 Å². The lowest BCUT2D eigenvalue weighted by Gasteiger charge is -2.08. The average molecular weight is 265 g/mol. The summed E-state index contributed by atoms with van der Waals surface area (Å²) in [6.45, 7) is 3.38.